The lowest BCUT2D eigenvalue weighted by Crippen LogP contribution is -2.45. The fourth-order valence-electron chi connectivity index (χ4n) is 9.52. The molecule has 8 aromatic rings. The number of halogens is 3. The van der Waals surface area contributed by atoms with Crippen molar-refractivity contribution in [2.24, 2.45) is 0 Å². The summed E-state index contributed by atoms with van der Waals surface area (Å²) in [4.78, 5) is 82.2. The summed E-state index contributed by atoms with van der Waals surface area (Å²) in [6, 6.07) is 7.37. The molecule has 2 aliphatic heterocycles. The highest BCUT2D eigenvalue weighted by Gasteiger charge is 2.34. The van der Waals surface area contributed by atoms with Gasteiger partial charge in [-0.1, -0.05) is 39.3 Å². The molecule has 0 spiro atoms. The van der Waals surface area contributed by atoms with Gasteiger partial charge in [-0.3, -0.25) is 22.7 Å². The second-order valence-corrected chi connectivity index (χ2v) is 36.9. The molecule has 2 fully saturated rings. The van der Waals surface area contributed by atoms with Gasteiger partial charge in [0.05, 0.1) is 30.7 Å². The number of hydrogen-bond acceptors (Lipinski definition) is 14. The predicted molar refractivity (Wildman–Crippen MR) is 318 cm³/mol. The van der Waals surface area contributed by atoms with Crippen LogP contribution in [0.2, 0.25) is 56.7 Å². The number of hydrogen-bond donors (Lipinski definition) is 0. The van der Waals surface area contributed by atoms with Gasteiger partial charge in [0.15, 0.2) is 17.1 Å². The minimum absolute atomic E-state index is 0.0683. The van der Waals surface area contributed by atoms with Gasteiger partial charge in [-0.15, -0.1) is 0 Å². The number of rotatable bonds is 13. The molecule has 0 aromatic carbocycles. The summed E-state index contributed by atoms with van der Waals surface area (Å²) >= 11 is 6.06. The number of imidazole rings is 4. The molecule has 0 N–H and O–H groups in total. The van der Waals surface area contributed by atoms with Crippen LogP contribution in [0.1, 0.15) is 79.3 Å². The summed E-state index contributed by atoms with van der Waals surface area (Å²) in [6.07, 6.45) is 12.9. The molecule has 2 saturated heterocycles. The van der Waals surface area contributed by atoms with Gasteiger partial charge in [-0.2, -0.15) is 4.98 Å². The largest absolute Gasteiger partial charge is 0.444 e. The van der Waals surface area contributed by atoms with Gasteiger partial charge >= 0.3 is 23.6 Å². The van der Waals surface area contributed by atoms with Crippen molar-refractivity contribution < 1.29 is 37.3 Å². The van der Waals surface area contributed by atoms with Crippen LogP contribution in [-0.4, -0.2) is 146 Å². The Bertz CT molecular complexity index is 3700. The summed E-state index contributed by atoms with van der Waals surface area (Å²) in [5.41, 5.74) is 2.08. The van der Waals surface area contributed by atoms with E-state index in [1.807, 2.05) is 41.5 Å². The van der Waals surface area contributed by atoms with Gasteiger partial charge in [0, 0.05) is 80.3 Å². The number of carbonyl (C=O) groups excluding carboxylic acids is 2. The summed E-state index contributed by atoms with van der Waals surface area (Å²) < 4.78 is 59.0. The Morgan fingerprint density at radius 3 is 1.66 bits per heavy atom. The van der Waals surface area contributed by atoms with Crippen LogP contribution < -0.4 is 11.4 Å². The Labute approximate surface area is 487 Å². The molecular weight excluding hydrogens is 1130 g/mol. The van der Waals surface area contributed by atoms with E-state index >= 15 is 0 Å². The summed E-state index contributed by atoms with van der Waals surface area (Å²) in [6.45, 7) is 27.8. The van der Waals surface area contributed by atoms with Gasteiger partial charge in [0.2, 0.25) is 5.28 Å². The average Bonchev–Trinajstić information content (AvgIpc) is 4.39. The minimum Gasteiger partial charge on any atom is -0.444 e. The summed E-state index contributed by atoms with van der Waals surface area (Å²) in [7, 11) is -2.55. The highest BCUT2D eigenvalue weighted by molar-refractivity contribution is 6.76. The molecule has 0 radical (unpaired) electrons. The quantitative estimate of drug-likeness (QED) is 0.0596. The molecule has 2 aliphatic rings. The van der Waals surface area contributed by atoms with Crippen molar-refractivity contribution in [3.63, 3.8) is 0 Å². The van der Waals surface area contributed by atoms with Gasteiger partial charge in [-0.05, 0) is 115 Å². The van der Waals surface area contributed by atoms with E-state index < -0.39 is 39.3 Å². The summed E-state index contributed by atoms with van der Waals surface area (Å²) in [5, 5.41) is 0.0721. The second kappa shape index (κ2) is 25.5. The Balaban J connectivity index is 0.000000189. The maximum Gasteiger partial charge on any atom is 0.410 e. The maximum absolute atomic E-state index is 14.1. The number of pyridine rings is 2. The molecule has 0 saturated carbocycles. The molecule has 27 heteroatoms. The third-order valence-corrected chi connectivity index (χ3v) is 17.3. The summed E-state index contributed by atoms with van der Waals surface area (Å²) in [5.74, 6) is -0.354. The molecule has 0 unspecified atom stereocenters. The fourth-order valence-corrected chi connectivity index (χ4v) is 11.2. The van der Waals surface area contributed by atoms with E-state index in [2.05, 4.69) is 64.2 Å². The van der Waals surface area contributed by atoms with E-state index in [1.54, 1.807) is 80.0 Å². The first-order valence-corrected chi connectivity index (χ1v) is 35.8. The number of ether oxygens (including phenoxy) is 4. The first-order valence-electron chi connectivity index (χ1n) is 28.0. The molecule has 2 atom stereocenters. The van der Waals surface area contributed by atoms with Crippen molar-refractivity contribution in [2.75, 3.05) is 39.4 Å². The predicted octanol–water partition coefficient (Wildman–Crippen LogP) is 10.5. The van der Waals surface area contributed by atoms with E-state index in [-0.39, 0.29) is 54.1 Å². The zero-order valence-electron chi connectivity index (χ0n) is 49.6. The van der Waals surface area contributed by atoms with Crippen LogP contribution in [-0.2, 0) is 32.4 Å². The zero-order chi connectivity index (χ0) is 60.2. The number of carbonyl (C=O) groups is 2. The molecule has 83 heavy (non-hydrogen) atoms. The minimum atomic E-state index is -1.31. The van der Waals surface area contributed by atoms with Crippen LogP contribution in [0.4, 0.5) is 18.4 Å². The lowest BCUT2D eigenvalue weighted by molar-refractivity contribution is 0.0162. The normalized spacial score (nSPS) is 16.3. The van der Waals surface area contributed by atoms with Crippen LogP contribution in [0.15, 0.2) is 77.2 Å². The van der Waals surface area contributed by atoms with Crippen molar-refractivity contribution in [1.82, 2.24) is 66.8 Å². The highest BCUT2D eigenvalue weighted by atomic mass is 35.5. The molecule has 22 nitrogen and oxygen atoms in total. The number of nitrogens with zero attached hydrogens (tertiary/aromatic N) is 14. The molecule has 10 rings (SSSR count). The van der Waals surface area contributed by atoms with Crippen molar-refractivity contribution in [1.29, 1.82) is 0 Å². The first kappa shape index (κ1) is 62.2. The Hall–Kier alpha value is -6.88. The third-order valence-electron chi connectivity index (χ3n) is 13.7. The zero-order valence-corrected chi connectivity index (χ0v) is 52.3. The molecule has 0 bridgehead atoms. The SMILES string of the molecule is CC(C)(C)OC(=O)N1CCC[C@@H](n2c(=O)n(COCC[Si](C)(C)C)c3cnc(-c4cnc5ccc(F)cn45)nc32)C1.CC(C)(C)OC(=O)N1CCC[C@@H](n2c(=O)n(COCC[Si](C)(C)C)c3cnc(Cl)nc32)C1.Fc1ccc2nccn2c1. The van der Waals surface area contributed by atoms with Gasteiger partial charge in [-0.25, -0.2) is 52.9 Å². The molecule has 10 heterocycles. The fraction of sp³-hybridized carbons (Fsp3) is 0.536. The number of likely N-dealkylation sites (tertiary alicyclic amines) is 2. The lowest BCUT2D eigenvalue weighted by atomic mass is 10.1. The monoisotopic (exact) mass is 1200 g/mol. The van der Waals surface area contributed by atoms with Gasteiger partial charge in [0.25, 0.3) is 0 Å². The second-order valence-electron chi connectivity index (χ2n) is 25.3. The maximum atomic E-state index is 14.1. The average molecular weight is 1200 g/mol. The number of fused-ring (bicyclic) bond motifs is 4. The van der Waals surface area contributed by atoms with Crippen molar-refractivity contribution in [2.45, 2.75) is 155 Å². The smallest absolute Gasteiger partial charge is 0.410 e. The van der Waals surface area contributed by atoms with E-state index in [0.29, 0.717) is 91.7 Å². The van der Waals surface area contributed by atoms with E-state index in [9.17, 15) is 28.0 Å². The van der Waals surface area contributed by atoms with Gasteiger partial charge < -0.3 is 33.1 Å². The number of piperidine rings is 2. The van der Waals surface area contributed by atoms with Crippen LogP contribution in [0.25, 0.3) is 45.1 Å². The molecular formula is C56H77ClF2N14O8Si2. The molecule has 2 amide bonds. The highest BCUT2D eigenvalue weighted by Crippen LogP contribution is 2.29. The van der Waals surface area contributed by atoms with Gasteiger partial charge in [0.1, 0.15) is 64.3 Å². The standard InChI is InChI=1S/C28H38FN7O4Si.C21H34ClN5O4Si.C7H5FN2/c1-28(2,3)40-27(38)33-11-7-8-20(17-33)36-25-22(35(26(36)37)18-39-12-13-41(4,5)6)15-31-24(32-25)21-14-30-23-10-9-19(29)16-34(21)23;1-21(2,3)31-20(29)25-9-7-8-15(13-25)27-17-16(12-23-18(22)24-17)26(19(27)28)14-30-10-11-32(4,5)6;8-6-1-2-7-9-3-4-10(7)5-6/h9-10,14-16,20H,7-8,11-13,17-18H2,1-6H3;12,15H,7-11,13-14H2,1-6H3;1-5H/t20-;15-;/m11./s1. The number of aromatic nitrogens is 12. The van der Waals surface area contributed by atoms with E-state index in [0.717, 1.165) is 30.6 Å². The Morgan fingerprint density at radius 2 is 1.14 bits per heavy atom. The van der Waals surface area contributed by atoms with Crippen LogP contribution in [0, 0.1) is 11.6 Å². The van der Waals surface area contributed by atoms with Crippen LogP contribution in [0.3, 0.4) is 0 Å². The van der Waals surface area contributed by atoms with Crippen LogP contribution >= 0.6 is 11.6 Å². The van der Waals surface area contributed by atoms with Crippen molar-refractivity contribution in [3.05, 3.63) is 106 Å². The number of amides is 2. The Kier molecular flexibility index (Phi) is 19.1. The van der Waals surface area contributed by atoms with Crippen molar-refractivity contribution in [3.8, 4) is 11.5 Å². The van der Waals surface area contributed by atoms with E-state index in [4.69, 9.17) is 35.5 Å². The van der Waals surface area contributed by atoms with Crippen LogP contribution in [0.5, 0.6) is 0 Å². The topological polar surface area (TPSA) is 218 Å². The Morgan fingerprint density at radius 1 is 0.651 bits per heavy atom. The molecule has 8 aromatic heterocycles. The first-order chi connectivity index (χ1) is 39.0. The molecule has 448 valence electrons. The van der Waals surface area contributed by atoms with E-state index in [1.165, 1.54) is 24.5 Å². The molecule has 0 aliphatic carbocycles. The third kappa shape index (κ3) is 16.1. The lowest BCUT2D eigenvalue weighted by Gasteiger charge is -2.34. The van der Waals surface area contributed by atoms with Crippen molar-refractivity contribution >= 4 is 73.6 Å².